The Morgan fingerprint density at radius 2 is 1.86 bits per heavy atom. The first-order valence-electron chi connectivity index (χ1n) is 8.56. The van der Waals surface area contributed by atoms with Gasteiger partial charge in [0.1, 0.15) is 0 Å². The van der Waals surface area contributed by atoms with E-state index >= 15 is 0 Å². The van der Waals surface area contributed by atoms with E-state index < -0.39 is 0 Å². The monoisotopic (exact) mass is 302 g/mol. The van der Waals surface area contributed by atoms with E-state index in [1.54, 1.807) is 11.1 Å². The molecule has 2 heterocycles. The van der Waals surface area contributed by atoms with Crippen LogP contribution in [0.1, 0.15) is 42.9 Å². The summed E-state index contributed by atoms with van der Waals surface area (Å²) >= 11 is 2.11. The Bertz CT molecular complexity index is 478. The van der Waals surface area contributed by atoms with Gasteiger partial charge in [-0.2, -0.15) is 11.8 Å². The van der Waals surface area contributed by atoms with Crippen molar-refractivity contribution >= 4 is 11.8 Å². The summed E-state index contributed by atoms with van der Waals surface area (Å²) in [6, 6.07) is 11.3. The van der Waals surface area contributed by atoms with Crippen LogP contribution in [-0.2, 0) is 6.42 Å². The highest BCUT2D eigenvalue weighted by Gasteiger charge is 2.32. The Kier molecular flexibility index (Phi) is 4.24. The van der Waals surface area contributed by atoms with Gasteiger partial charge in [0.15, 0.2) is 0 Å². The van der Waals surface area contributed by atoms with E-state index in [0.717, 1.165) is 12.1 Å². The summed E-state index contributed by atoms with van der Waals surface area (Å²) in [6.07, 6.45) is 6.80. The van der Waals surface area contributed by atoms with Crippen LogP contribution in [0, 0.1) is 0 Å². The average Bonchev–Trinajstić information content (AvgIpc) is 3.36. The zero-order valence-corrected chi connectivity index (χ0v) is 13.6. The zero-order valence-electron chi connectivity index (χ0n) is 12.8. The molecule has 0 bridgehead atoms. The van der Waals surface area contributed by atoms with Gasteiger partial charge in [-0.1, -0.05) is 24.3 Å². The van der Waals surface area contributed by atoms with Crippen LogP contribution in [0.5, 0.6) is 0 Å². The van der Waals surface area contributed by atoms with Gasteiger partial charge in [-0.3, -0.25) is 0 Å². The summed E-state index contributed by atoms with van der Waals surface area (Å²) in [5.74, 6) is 2.51. The molecular formula is C18H26N2S. The highest BCUT2D eigenvalue weighted by atomic mass is 32.2. The van der Waals surface area contributed by atoms with Gasteiger partial charge in [-0.15, -0.1) is 0 Å². The van der Waals surface area contributed by atoms with E-state index in [4.69, 9.17) is 0 Å². The minimum absolute atomic E-state index is 0.561. The molecule has 2 fully saturated rings. The molecule has 3 aliphatic rings. The van der Waals surface area contributed by atoms with Crippen molar-refractivity contribution < 1.29 is 0 Å². The van der Waals surface area contributed by atoms with Crippen molar-refractivity contribution in [1.82, 2.24) is 10.2 Å². The van der Waals surface area contributed by atoms with Crippen LogP contribution in [0.25, 0.3) is 0 Å². The van der Waals surface area contributed by atoms with E-state index in [-0.39, 0.29) is 0 Å². The number of hydrogen-bond acceptors (Lipinski definition) is 3. The quantitative estimate of drug-likeness (QED) is 0.923. The molecule has 2 nitrogen and oxygen atoms in total. The third kappa shape index (κ3) is 3.30. The molecule has 1 N–H and O–H groups in total. The topological polar surface area (TPSA) is 15.3 Å². The fraction of sp³-hybridized carbons (Fsp3) is 0.667. The molecule has 0 amide bonds. The van der Waals surface area contributed by atoms with Crippen LogP contribution in [0.4, 0.5) is 0 Å². The van der Waals surface area contributed by atoms with Crippen LogP contribution in [-0.4, -0.2) is 41.6 Å². The number of hydrogen-bond donors (Lipinski definition) is 1. The summed E-state index contributed by atoms with van der Waals surface area (Å²) in [5.41, 5.74) is 3.13. The fourth-order valence-corrected chi connectivity index (χ4v) is 4.91. The lowest BCUT2D eigenvalue weighted by Gasteiger charge is -2.34. The van der Waals surface area contributed by atoms with Gasteiger partial charge in [0.2, 0.25) is 0 Å². The molecule has 1 atom stereocenters. The van der Waals surface area contributed by atoms with Gasteiger partial charge in [0, 0.05) is 23.9 Å². The number of thioether (sulfide) groups is 1. The van der Waals surface area contributed by atoms with Crippen molar-refractivity contribution in [2.24, 2.45) is 0 Å². The van der Waals surface area contributed by atoms with Crippen molar-refractivity contribution in [2.45, 2.75) is 50.2 Å². The van der Waals surface area contributed by atoms with Crippen molar-refractivity contribution in [3.05, 3.63) is 35.4 Å². The van der Waals surface area contributed by atoms with Crippen LogP contribution in [0.15, 0.2) is 24.3 Å². The first kappa shape index (κ1) is 14.1. The maximum absolute atomic E-state index is 3.99. The first-order valence-corrected chi connectivity index (χ1v) is 9.71. The van der Waals surface area contributed by atoms with Gasteiger partial charge in [0.05, 0.1) is 0 Å². The summed E-state index contributed by atoms with van der Waals surface area (Å²) < 4.78 is 0. The Morgan fingerprint density at radius 3 is 2.67 bits per heavy atom. The van der Waals surface area contributed by atoms with Gasteiger partial charge in [-0.05, 0) is 62.1 Å². The molecule has 1 aromatic carbocycles. The minimum Gasteiger partial charge on any atom is -0.306 e. The Hall–Kier alpha value is -0.510. The van der Waals surface area contributed by atoms with E-state index in [1.165, 1.54) is 56.7 Å². The summed E-state index contributed by atoms with van der Waals surface area (Å²) in [5, 5.41) is 3.99. The second-order valence-corrected chi connectivity index (χ2v) is 7.93. The standard InChI is InChI=1S/C18H26N2S/c1-2-4-17-14(3-1)9-12-21-13-18(17)19-15-7-10-20(11-8-15)16-5-6-16/h1-4,15-16,18-19H,5-13H2/t18-/m0/s1. The smallest absolute Gasteiger partial charge is 0.0416 e. The summed E-state index contributed by atoms with van der Waals surface area (Å²) in [6.45, 7) is 2.62. The van der Waals surface area contributed by atoms with Crippen LogP contribution >= 0.6 is 11.8 Å². The predicted octanol–water partition coefficient (Wildman–Crippen LogP) is 3.23. The predicted molar refractivity (Wildman–Crippen MR) is 91.0 cm³/mol. The highest BCUT2D eigenvalue weighted by Crippen LogP contribution is 2.31. The van der Waals surface area contributed by atoms with E-state index in [9.17, 15) is 0 Å². The summed E-state index contributed by atoms with van der Waals surface area (Å²) in [4.78, 5) is 2.72. The second kappa shape index (κ2) is 6.31. The largest absolute Gasteiger partial charge is 0.306 e. The van der Waals surface area contributed by atoms with Crippen molar-refractivity contribution in [3.8, 4) is 0 Å². The molecule has 1 saturated carbocycles. The number of likely N-dealkylation sites (tertiary alicyclic amines) is 1. The number of aryl methyl sites for hydroxylation is 1. The first-order chi connectivity index (χ1) is 10.4. The molecule has 0 unspecified atom stereocenters. The third-order valence-corrected chi connectivity index (χ3v) is 6.32. The number of fused-ring (bicyclic) bond motifs is 1. The molecule has 3 heteroatoms. The maximum Gasteiger partial charge on any atom is 0.0416 e. The molecule has 1 aliphatic carbocycles. The molecule has 1 aromatic rings. The molecule has 4 rings (SSSR count). The maximum atomic E-state index is 3.99. The molecule has 0 radical (unpaired) electrons. The zero-order chi connectivity index (χ0) is 14.1. The third-order valence-electron chi connectivity index (χ3n) is 5.26. The van der Waals surface area contributed by atoms with Crippen molar-refractivity contribution in [1.29, 1.82) is 0 Å². The number of nitrogens with zero attached hydrogens (tertiary/aromatic N) is 1. The molecule has 21 heavy (non-hydrogen) atoms. The lowest BCUT2D eigenvalue weighted by atomic mass is 9.97. The minimum atomic E-state index is 0.561. The van der Waals surface area contributed by atoms with E-state index in [1.807, 2.05) is 0 Å². The lowest BCUT2D eigenvalue weighted by Crippen LogP contribution is -2.44. The Balaban J connectivity index is 1.40. The van der Waals surface area contributed by atoms with Gasteiger partial charge in [-0.25, -0.2) is 0 Å². The lowest BCUT2D eigenvalue weighted by molar-refractivity contribution is 0.184. The van der Waals surface area contributed by atoms with Crippen molar-refractivity contribution in [3.63, 3.8) is 0 Å². The number of benzene rings is 1. The number of nitrogens with one attached hydrogen (secondary N) is 1. The molecular weight excluding hydrogens is 276 g/mol. The molecule has 114 valence electrons. The molecule has 0 spiro atoms. The number of piperidine rings is 1. The normalized spacial score (nSPS) is 28.1. The number of rotatable bonds is 3. The van der Waals surface area contributed by atoms with Crippen LogP contribution in [0.2, 0.25) is 0 Å². The molecule has 2 aliphatic heterocycles. The average molecular weight is 302 g/mol. The molecule has 0 aromatic heterocycles. The highest BCUT2D eigenvalue weighted by molar-refractivity contribution is 7.99. The SMILES string of the molecule is c1ccc2c(c1)CCSC[C@@H]2NC1CCN(C2CC2)CC1. The molecule has 1 saturated heterocycles. The van der Waals surface area contributed by atoms with Crippen LogP contribution < -0.4 is 5.32 Å². The summed E-state index contributed by atoms with van der Waals surface area (Å²) in [7, 11) is 0. The van der Waals surface area contributed by atoms with Gasteiger partial charge in [0.25, 0.3) is 0 Å². The van der Waals surface area contributed by atoms with E-state index in [2.05, 4.69) is 46.2 Å². The van der Waals surface area contributed by atoms with Crippen LogP contribution in [0.3, 0.4) is 0 Å². The second-order valence-electron chi connectivity index (χ2n) is 6.78. The van der Waals surface area contributed by atoms with Gasteiger partial charge < -0.3 is 10.2 Å². The Labute approximate surface area is 132 Å². The van der Waals surface area contributed by atoms with Crippen molar-refractivity contribution in [2.75, 3.05) is 24.6 Å². The fourth-order valence-electron chi connectivity index (χ4n) is 3.87. The van der Waals surface area contributed by atoms with Gasteiger partial charge >= 0.3 is 0 Å². The Morgan fingerprint density at radius 1 is 1.05 bits per heavy atom. The van der Waals surface area contributed by atoms with E-state index in [0.29, 0.717) is 6.04 Å².